The van der Waals surface area contributed by atoms with Gasteiger partial charge in [-0.05, 0) is 20.3 Å². The van der Waals surface area contributed by atoms with Crippen LogP contribution in [-0.4, -0.2) is 49.1 Å². The largest absolute Gasteiger partial charge is 0.374 e. The predicted octanol–water partition coefficient (Wildman–Crippen LogP) is 1.04. The highest BCUT2D eigenvalue weighted by Crippen LogP contribution is 2.18. The van der Waals surface area contributed by atoms with E-state index in [0.29, 0.717) is 37.1 Å². The van der Waals surface area contributed by atoms with Crippen LogP contribution in [0.5, 0.6) is 0 Å². The van der Waals surface area contributed by atoms with E-state index in [9.17, 15) is 8.42 Å². The number of ether oxygens (including phenoxy) is 1. The number of hydrogen-bond donors (Lipinski definition) is 2. The highest BCUT2D eigenvalue weighted by Gasteiger charge is 2.28. The van der Waals surface area contributed by atoms with Crippen LogP contribution in [-0.2, 0) is 21.2 Å². The minimum Gasteiger partial charge on any atom is -0.374 e. The molecule has 118 valence electrons. The van der Waals surface area contributed by atoms with E-state index in [2.05, 4.69) is 20.6 Å². The van der Waals surface area contributed by atoms with Crippen molar-refractivity contribution in [3.8, 4) is 0 Å². The van der Waals surface area contributed by atoms with Crippen molar-refractivity contribution < 1.29 is 13.2 Å². The summed E-state index contributed by atoms with van der Waals surface area (Å²) in [5.74, 6) is 2.33. The van der Waals surface area contributed by atoms with Gasteiger partial charge in [-0.2, -0.15) is 0 Å². The first kappa shape index (κ1) is 16.0. The van der Waals surface area contributed by atoms with Crippen molar-refractivity contribution in [2.45, 2.75) is 32.9 Å². The molecule has 0 saturated carbocycles. The lowest BCUT2D eigenvalue weighted by Crippen LogP contribution is -2.22. The summed E-state index contributed by atoms with van der Waals surface area (Å²) in [6.07, 6.45) is 0.615. The van der Waals surface area contributed by atoms with E-state index in [-0.39, 0.29) is 17.5 Å². The van der Waals surface area contributed by atoms with Gasteiger partial charge in [-0.15, -0.1) is 0 Å². The zero-order valence-electron chi connectivity index (χ0n) is 12.4. The molecule has 2 rings (SSSR count). The number of rotatable bonds is 7. The lowest BCUT2D eigenvalue weighted by molar-refractivity contribution is 0.128. The van der Waals surface area contributed by atoms with Gasteiger partial charge in [0.15, 0.2) is 15.7 Å². The number of anilines is 2. The van der Waals surface area contributed by atoms with Crippen molar-refractivity contribution in [1.29, 1.82) is 0 Å². The number of nitrogens with one attached hydrogen (secondary N) is 2. The molecule has 0 aromatic carbocycles. The van der Waals surface area contributed by atoms with Crippen LogP contribution in [0.25, 0.3) is 0 Å². The van der Waals surface area contributed by atoms with E-state index in [4.69, 9.17) is 4.74 Å². The fourth-order valence-electron chi connectivity index (χ4n) is 2.22. The van der Waals surface area contributed by atoms with E-state index >= 15 is 0 Å². The van der Waals surface area contributed by atoms with Gasteiger partial charge in [0, 0.05) is 25.3 Å². The Bertz CT molecular complexity index is 577. The number of nitrogens with zero attached hydrogens (tertiary/aromatic N) is 2. The molecule has 1 saturated heterocycles. The van der Waals surface area contributed by atoms with E-state index in [1.165, 1.54) is 0 Å². The normalized spacial score (nSPS) is 20.4. The third-order valence-electron chi connectivity index (χ3n) is 3.15. The molecular weight excluding hydrogens is 292 g/mol. The van der Waals surface area contributed by atoms with Gasteiger partial charge in [-0.25, -0.2) is 18.4 Å². The molecule has 0 bridgehead atoms. The standard InChI is InChI=1S/C13H22N4O3S/c1-3-14-11-7-12(17-13(16-11)8-20-4-2)15-10-5-6-21(18,19)9-10/h7,10H,3-6,8-9H2,1-2H3,(H2,14,15,16,17). The Morgan fingerprint density at radius 3 is 2.71 bits per heavy atom. The average Bonchev–Trinajstić information content (AvgIpc) is 2.76. The van der Waals surface area contributed by atoms with Crippen LogP contribution in [0.3, 0.4) is 0 Å². The molecule has 0 aliphatic carbocycles. The number of aromatic nitrogens is 2. The Hall–Kier alpha value is -1.41. The van der Waals surface area contributed by atoms with Crippen molar-refractivity contribution in [2.75, 3.05) is 35.3 Å². The molecule has 1 aromatic heterocycles. The molecule has 1 aliphatic rings. The topological polar surface area (TPSA) is 93.2 Å². The monoisotopic (exact) mass is 314 g/mol. The Labute approximate surface area is 125 Å². The van der Waals surface area contributed by atoms with Crippen LogP contribution in [0.1, 0.15) is 26.1 Å². The van der Waals surface area contributed by atoms with Crippen molar-refractivity contribution in [3.05, 3.63) is 11.9 Å². The first-order valence-corrected chi connectivity index (χ1v) is 9.01. The van der Waals surface area contributed by atoms with Crippen LogP contribution in [0.15, 0.2) is 6.07 Å². The second kappa shape index (κ2) is 7.04. The average molecular weight is 314 g/mol. The molecule has 1 aliphatic heterocycles. The van der Waals surface area contributed by atoms with Gasteiger partial charge in [-0.1, -0.05) is 0 Å². The fourth-order valence-corrected chi connectivity index (χ4v) is 3.89. The molecular formula is C13H22N4O3S. The van der Waals surface area contributed by atoms with Gasteiger partial charge < -0.3 is 15.4 Å². The Kier molecular flexibility index (Phi) is 5.35. The first-order chi connectivity index (χ1) is 10.0. The van der Waals surface area contributed by atoms with Crippen molar-refractivity contribution in [2.24, 2.45) is 0 Å². The maximum Gasteiger partial charge on any atom is 0.158 e. The van der Waals surface area contributed by atoms with Gasteiger partial charge >= 0.3 is 0 Å². The molecule has 2 N–H and O–H groups in total. The molecule has 7 nitrogen and oxygen atoms in total. The maximum absolute atomic E-state index is 11.5. The maximum atomic E-state index is 11.5. The highest BCUT2D eigenvalue weighted by atomic mass is 32.2. The highest BCUT2D eigenvalue weighted by molar-refractivity contribution is 7.91. The van der Waals surface area contributed by atoms with Crippen molar-refractivity contribution in [1.82, 2.24) is 9.97 Å². The van der Waals surface area contributed by atoms with Gasteiger partial charge in [0.1, 0.15) is 18.2 Å². The van der Waals surface area contributed by atoms with E-state index < -0.39 is 9.84 Å². The molecule has 0 amide bonds. The predicted molar refractivity (Wildman–Crippen MR) is 82.2 cm³/mol. The summed E-state index contributed by atoms with van der Waals surface area (Å²) in [4.78, 5) is 8.74. The minimum atomic E-state index is -2.91. The minimum absolute atomic E-state index is 0.0840. The van der Waals surface area contributed by atoms with E-state index in [1.54, 1.807) is 6.07 Å². The zero-order chi connectivity index (χ0) is 15.3. The third-order valence-corrected chi connectivity index (χ3v) is 4.92. The second-order valence-corrected chi connectivity index (χ2v) is 7.20. The molecule has 1 aromatic rings. The molecule has 0 radical (unpaired) electrons. The Morgan fingerprint density at radius 1 is 1.33 bits per heavy atom. The molecule has 8 heteroatoms. The summed E-state index contributed by atoms with van der Waals surface area (Å²) in [5.41, 5.74) is 0. The summed E-state index contributed by atoms with van der Waals surface area (Å²) < 4.78 is 28.3. The summed E-state index contributed by atoms with van der Waals surface area (Å²) in [5, 5.41) is 6.33. The number of sulfone groups is 1. The molecule has 1 unspecified atom stereocenters. The molecule has 2 heterocycles. The van der Waals surface area contributed by atoms with E-state index in [1.807, 2.05) is 13.8 Å². The Balaban J connectivity index is 2.11. The van der Waals surface area contributed by atoms with Crippen LogP contribution < -0.4 is 10.6 Å². The van der Waals surface area contributed by atoms with Crippen LogP contribution in [0, 0.1) is 0 Å². The van der Waals surface area contributed by atoms with Gasteiger partial charge in [0.2, 0.25) is 0 Å². The Morgan fingerprint density at radius 2 is 2.10 bits per heavy atom. The summed E-state index contributed by atoms with van der Waals surface area (Å²) >= 11 is 0. The van der Waals surface area contributed by atoms with Gasteiger partial charge in [0.25, 0.3) is 0 Å². The van der Waals surface area contributed by atoms with Crippen molar-refractivity contribution >= 4 is 21.5 Å². The van der Waals surface area contributed by atoms with Crippen molar-refractivity contribution in [3.63, 3.8) is 0 Å². The van der Waals surface area contributed by atoms with Crippen LogP contribution in [0.4, 0.5) is 11.6 Å². The van der Waals surface area contributed by atoms with E-state index in [0.717, 1.165) is 6.54 Å². The second-order valence-electron chi connectivity index (χ2n) is 4.97. The SMILES string of the molecule is CCNc1cc(NC2CCS(=O)(=O)C2)nc(COCC)n1. The zero-order valence-corrected chi connectivity index (χ0v) is 13.2. The summed E-state index contributed by atoms with van der Waals surface area (Å²) in [6, 6.07) is 1.71. The first-order valence-electron chi connectivity index (χ1n) is 7.19. The quantitative estimate of drug-likeness (QED) is 0.776. The molecule has 1 fully saturated rings. The van der Waals surface area contributed by atoms with Gasteiger partial charge in [-0.3, -0.25) is 0 Å². The fraction of sp³-hybridized carbons (Fsp3) is 0.692. The molecule has 21 heavy (non-hydrogen) atoms. The summed E-state index contributed by atoms with van der Waals surface area (Å²) in [7, 11) is -2.91. The van der Waals surface area contributed by atoms with Gasteiger partial charge in [0.05, 0.1) is 11.5 Å². The molecule has 0 spiro atoms. The smallest absolute Gasteiger partial charge is 0.158 e. The number of hydrogen-bond acceptors (Lipinski definition) is 7. The summed E-state index contributed by atoms with van der Waals surface area (Å²) in [6.45, 7) is 5.59. The third kappa shape index (κ3) is 4.82. The molecule has 1 atom stereocenters. The van der Waals surface area contributed by atoms with Crippen LogP contribution in [0.2, 0.25) is 0 Å². The van der Waals surface area contributed by atoms with Crippen LogP contribution >= 0.6 is 0 Å². The lowest BCUT2D eigenvalue weighted by atomic mass is 10.2. The lowest BCUT2D eigenvalue weighted by Gasteiger charge is -2.14.